The maximum absolute atomic E-state index is 12.0. The minimum absolute atomic E-state index is 0.349. The van der Waals surface area contributed by atoms with E-state index >= 15 is 0 Å². The molecule has 0 bridgehead atoms. The lowest BCUT2D eigenvalue weighted by molar-refractivity contribution is -0.145. The Balaban J connectivity index is 2.76. The fraction of sp³-hybridized carbons (Fsp3) is 0.429. The molecule has 1 unspecified atom stereocenters. The lowest BCUT2D eigenvalue weighted by Gasteiger charge is -2.19. The van der Waals surface area contributed by atoms with Crippen LogP contribution >= 0.6 is 11.8 Å². The highest BCUT2D eigenvalue weighted by molar-refractivity contribution is 7.98. The van der Waals surface area contributed by atoms with Gasteiger partial charge in [-0.05, 0) is 24.0 Å². The van der Waals surface area contributed by atoms with Crippen LogP contribution in [0.5, 0.6) is 0 Å². The summed E-state index contributed by atoms with van der Waals surface area (Å²) in [7, 11) is 1.29. The van der Waals surface area contributed by atoms with E-state index < -0.39 is 18.1 Å². The van der Waals surface area contributed by atoms with Gasteiger partial charge in [0, 0.05) is 0 Å². The van der Waals surface area contributed by atoms with Crippen molar-refractivity contribution < 1.29 is 14.3 Å². The molecule has 0 aliphatic heterocycles. The molecule has 3 N–H and O–H groups in total. The summed E-state index contributed by atoms with van der Waals surface area (Å²) in [6.45, 7) is 0. The van der Waals surface area contributed by atoms with Gasteiger partial charge < -0.3 is 15.8 Å². The van der Waals surface area contributed by atoms with Crippen molar-refractivity contribution in [2.24, 2.45) is 5.73 Å². The summed E-state index contributed by atoms with van der Waals surface area (Å²) in [6.07, 6.45) is 2.52. The normalized spacial score (nSPS) is 13.3. The van der Waals surface area contributed by atoms with Crippen molar-refractivity contribution in [2.75, 3.05) is 19.1 Å². The van der Waals surface area contributed by atoms with Gasteiger partial charge in [-0.1, -0.05) is 30.3 Å². The molecule has 1 amide bonds. The Labute approximate surface area is 123 Å². The third kappa shape index (κ3) is 4.86. The fourth-order valence-corrected chi connectivity index (χ4v) is 2.16. The highest BCUT2D eigenvalue weighted by atomic mass is 32.2. The molecule has 5 nitrogen and oxygen atoms in total. The second kappa shape index (κ2) is 8.60. The van der Waals surface area contributed by atoms with E-state index in [2.05, 4.69) is 5.32 Å². The van der Waals surface area contributed by atoms with Gasteiger partial charge in [0.05, 0.1) is 13.2 Å². The largest absolute Gasteiger partial charge is 0.467 e. The lowest BCUT2D eigenvalue weighted by atomic mass is 10.1. The molecule has 0 spiro atoms. The number of nitrogens with one attached hydrogen (secondary N) is 1. The molecule has 0 saturated carbocycles. The summed E-state index contributed by atoms with van der Waals surface area (Å²) in [5.74, 6) is -0.0667. The van der Waals surface area contributed by atoms with Crippen LogP contribution in [-0.2, 0) is 14.3 Å². The van der Waals surface area contributed by atoms with E-state index in [0.717, 1.165) is 5.75 Å². The highest BCUT2D eigenvalue weighted by Gasteiger charge is 2.25. The van der Waals surface area contributed by atoms with Crippen molar-refractivity contribution in [3.8, 4) is 0 Å². The van der Waals surface area contributed by atoms with Crippen LogP contribution in [0.15, 0.2) is 30.3 Å². The molecule has 1 aromatic carbocycles. The second-order valence-corrected chi connectivity index (χ2v) is 5.25. The van der Waals surface area contributed by atoms with Gasteiger partial charge in [-0.15, -0.1) is 0 Å². The van der Waals surface area contributed by atoms with Crippen molar-refractivity contribution in [2.45, 2.75) is 18.5 Å². The van der Waals surface area contributed by atoms with Gasteiger partial charge in [-0.25, -0.2) is 4.79 Å². The number of amides is 1. The van der Waals surface area contributed by atoms with Crippen molar-refractivity contribution in [3.63, 3.8) is 0 Å². The van der Waals surface area contributed by atoms with Crippen LogP contribution in [-0.4, -0.2) is 37.0 Å². The van der Waals surface area contributed by atoms with Crippen LogP contribution in [0, 0.1) is 0 Å². The number of carbonyl (C=O) groups is 2. The first-order valence-electron chi connectivity index (χ1n) is 6.27. The summed E-state index contributed by atoms with van der Waals surface area (Å²) in [4.78, 5) is 23.8. The molecule has 20 heavy (non-hydrogen) atoms. The summed E-state index contributed by atoms with van der Waals surface area (Å²) >= 11 is 1.62. The molecule has 1 rings (SSSR count). The summed E-state index contributed by atoms with van der Waals surface area (Å²) < 4.78 is 4.73. The molecule has 0 fully saturated rings. The van der Waals surface area contributed by atoms with Gasteiger partial charge in [0.25, 0.3) is 0 Å². The van der Waals surface area contributed by atoms with Gasteiger partial charge in [-0.3, -0.25) is 4.79 Å². The second-order valence-electron chi connectivity index (χ2n) is 4.26. The van der Waals surface area contributed by atoms with E-state index in [-0.39, 0.29) is 5.91 Å². The summed E-state index contributed by atoms with van der Waals surface area (Å²) in [5, 5.41) is 2.64. The molecule has 0 aliphatic rings. The first kappa shape index (κ1) is 16.5. The molecule has 0 saturated heterocycles. The standard InChI is InChI=1S/C14H20N2O3S/c1-19-14(18)12(10-6-4-3-5-7-10)16-13(17)11(15)8-9-20-2/h3-7,11-12H,8-9,15H2,1-2H3,(H,16,17)/t11-,12?/m1/s1. The van der Waals surface area contributed by atoms with Gasteiger partial charge in [0.15, 0.2) is 6.04 Å². The van der Waals surface area contributed by atoms with Gasteiger partial charge in [0.2, 0.25) is 5.91 Å². The third-order valence-corrected chi connectivity index (χ3v) is 3.47. The predicted octanol–water partition coefficient (Wildman–Crippen LogP) is 1.10. The van der Waals surface area contributed by atoms with Gasteiger partial charge in [-0.2, -0.15) is 11.8 Å². The lowest BCUT2D eigenvalue weighted by Crippen LogP contribution is -2.44. The molecule has 0 heterocycles. The topological polar surface area (TPSA) is 81.4 Å². The smallest absolute Gasteiger partial charge is 0.333 e. The average molecular weight is 296 g/mol. The Morgan fingerprint density at radius 2 is 2.00 bits per heavy atom. The quantitative estimate of drug-likeness (QED) is 0.736. The number of carbonyl (C=O) groups excluding carboxylic acids is 2. The third-order valence-electron chi connectivity index (χ3n) is 2.83. The molecule has 2 atom stereocenters. The number of thioether (sulfide) groups is 1. The van der Waals surface area contributed by atoms with E-state index in [4.69, 9.17) is 10.5 Å². The monoisotopic (exact) mass is 296 g/mol. The van der Waals surface area contributed by atoms with E-state index in [0.29, 0.717) is 12.0 Å². The number of rotatable bonds is 7. The minimum atomic E-state index is -0.825. The summed E-state index contributed by atoms with van der Waals surface area (Å²) in [5.41, 5.74) is 6.46. The number of methoxy groups -OCH3 is 1. The van der Waals surface area contributed by atoms with Crippen LogP contribution in [0.1, 0.15) is 18.0 Å². The average Bonchev–Trinajstić information content (AvgIpc) is 2.49. The minimum Gasteiger partial charge on any atom is -0.467 e. The maximum Gasteiger partial charge on any atom is 0.333 e. The number of hydrogen-bond acceptors (Lipinski definition) is 5. The Morgan fingerprint density at radius 3 is 2.55 bits per heavy atom. The number of benzene rings is 1. The zero-order valence-electron chi connectivity index (χ0n) is 11.7. The van der Waals surface area contributed by atoms with Crippen LogP contribution < -0.4 is 11.1 Å². The van der Waals surface area contributed by atoms with Gasteiger partial charge in [0.1, 0.15) is 0 Å². The molecular formula is C14H20N2O3S. The maximum atomic E-state index is 12.0. The molecule has 110 valence electrons. The Kier molecular flexibility index (Phi) is 7.11. The Morgan fingerprint density at radius 1 is 1.35 bits per heavy atom. The van der Waals surface area contributed by atoms with E-state index in [9.17, 15) is 9.59 Å². The van der Waals surface area contributed by atoms with Crippen molar-refractivity contribution in [1.82, 2.24) is 5.32 Å². The number of ether oxygens (including phenoxy) is 1. The van der Waals surface area contributed by atoms with E-state index in [1.165, 1.54) is 7.11 Å². The van der Waals surface area contributed by atoms with Crippen LogP contribution in [0.2, 0.25) is 0 Å². The van der Waals surface area contributed by atoms with Gasteiger partial charge >= 0.3 is 5.97 Å². The van der Waals surface area contributed by atoms with E-state index in [1.807, 2.05) is 12.3 Å². The molecule has 0 aliphatic carbocycles. The molecule has 1 aromatic rings. The molecule has 6 heteroatoms. The molecule has 0 aromatic heterocycles. The first-order valence-corrected chi connectivity index (χ1v) is 7.67. The zero-order valence-corrected chi connectivity index (χ0v) is 12.5. The Hall–Kier alpha value is -1.53. The molecule has 0 radical (unpaired) electrons. The molecular weight excluding hydrogens is 276 g/mol. The van der Waals surface area contributed by atoms with Crippen LogP contribution in [0.3, 0.4) is 0 Å². The number of hydrogen-bond donors (Lipinski definition) is 2. The fourth-order valence-electron chi connectivity index (χ4n) is 1.67. The highest BCUT2D eigenvalue weighted by Crippen LogP contribution is 2.14. The van der Waals surface area contributed by atoms with Crippen LogP contribution in [0.4, 0.5) is 0 Å². The van der Waals surface area contributed by atoms with Crippen molar-refractivity contribution in [1.29, 1.82) is 0 Å². The van der Waals surface area contributed by atoms with Crippen LogP contribution in [0.25, 0.3) is 0 Å². The van der Waals surface area contributed by atoms with Crippen molar-refractivity contribution >= 4 is 23.6 Å². The number of nitrogens with two attached hydrogens (primary N) is 1. The number of esters is 1. The van der Waals surface area contributed by atoms with E-state index in [1.54, 1.807) is 36.0 Å². The SMILES string of the molecule is COC(=O)C(NC(=O)[C@H](N)CCSC)c1ccccc1. The first-order chi connectivity index (χ1) is 9.60. The predicted molar refractivity (Wildman–Crippen MR) is 80.3 cm³/mol. The van der Waals surface area contributed by atoms with Crippen molar-refractivity contribution in [3.05, 3.63) is 35.9 Å². The Bertz CT molecular complexity index is 439. The zero-order chi connectivity index (χ0) is 15.0. The summed E-state index contributed by atoms with van der Waals surface area (Å²) in [6, 6.07) is 7.50.